The second kappa shape index (κ2) is 6.41. The van der Waals surface area contributed by atoms with Crippen molar-refractivity contribution in [3.05, 3.63) is 12.7 Å². The van der Waals surface area contributed by atoms with Crippen LogP contribution in [0.2, 0.25) is 0 Å². The molecule has 11 heavy (non-hydrogen) atoms. The molecule has 0 saturated heterocycles. The van der Waals surface area contributed by atoms with E-state index >= 15 is 0 Å². The zero-order chi connectivity index (χ0) is 8.69. The van der Waals surface area contributed by atoms with Gasteiger partial charge in [-0.3, -0.25) is 0 Å². The molecule has 0 heterocycles. The van der Waals surface area contributed by atoms with Gasteiger partial charge in [0.05, 0.1) is 0 Å². The van der Waals surface area contributed by atoms with E-state index in [0.29, 0.717) is 5.92 Å². The SMILES string of the molecule is C=CC(CNCC)C(C)CC. The summed E-state index contributed by atoms with van der Waals surface area (Å²) in [5, 5.41) is 3.34. The van der Waals surface area contributed by atoms with Crippen molar-refractivity contribution in [2.24, 2.45) is 11.8 Å². The highest BCUT2D eigenvalue weighted by atomic mass is 14.8. The van der Waals surface area contributed by atoms with Crippen LogP contribution < -0.4 is 5.32 Å². The Kier molecular flexibility index (Phi) is 6.24. The van der Waals surface area contributed by atoms with Crippen LogP contribution in [-0.4, -0.2) is 13.1 Å². The van der Waals surface area contributed by atoms with E-state index in [0.717, 1.165) is 19.0 Å². The monoisotopic (exact) mass is 155 g/mol. The van der Waals surface area contributed by atoms with Gasteiger partial charge in [0, 0.05) is 6.54 Å². The van der Waals surface area contributed by atoms with Gasteiger partial charge in [-0.1, -0.05) is 33.3 Å². The lowest BCUT2D eigenvalue weighted by Crippen LogP contribution is -2.25. The zero-order valence-electron chi connectivity index (χ0n) is 8.06. The number of nitrogens with one attached hydrogen (secondary N) is 1. The van der Waals surface area contributed by atoms with Crippen LogP contribution >= 0.6 is 0 Å². The molecule has 1 heteroatoms. The van der Waals surface area contributed by atoms with Crippen LogP contribution in [0.1, 0.15) is 27.2 Å². The highest BCUT2D eigenvalue weighted by molar-refractivity contribution is 4.83. The quantitative estimate of drug-likeness (QED) is 0.581. The molecule has 1 nitrogen and oxygen atoms in total. The second-order valence-electron chi connectivity index (χ2n) is 3.09. The average molecular weight is 155 g/mol. The van der Waals surface area contributed by atoms with E-state index in [4.69, 9.17) is 0 Å². The predicted molar refractivity (Wildman–Crippen MR) is 51.7 cm³/mol. The standard InChI is InChI=1S/C10H21N/c1-5-9(4)10(6-2)8-11-7-3/h6,9-11H,2,5,7-8H2,1,3-4H3. The van der Waals surface area contributed by atoms with Crippen LogP contribution in [0.3, 0.4) is 0 Å². The molecule has 0 radical (unpaired) electrons. The summed E-state index contributed by atoms with van der Waals surface area (Å²) < 4.78 is 0. The molecule has 0 aromatic rings. The van der Waals surface area contributed by atoms with Crippen LogP contribution in [0.25, 0.3) is 0 Å². The maximum Gasteiger partial charge on any atom is 0.00165 e. The average Bonchev–Trinajstić information content (AvgIpc) is 2.05. The van der Waals surface area contributed by atoms with E-state index in [1.54, 1.807) is 0 Å². The van der Waals surface area contributed by atoms with Crippen molar-refractivity contribution >= 4 is 0 Å². The largest absolute Gasteiger partial charge is 0.316 e. The summed E-state index contributed by atoms with van der Waals surface area (Å²) in [5.41, 5.74) is 0. The molecule has 0 aromatic heterocycles. The topological polar surface area (TPSA) is 12.0 Å². The van der Waals surface area contributed by atoms with Gasteiger partial charge in [-0.2, -0.15) is 0 Å². The molecule has 0 aliphatic heterocycles. The molecule has 0 amide bonds. The molecule has 2 atom stereocenters. The molecule has 0 aromatic carbocycles. The highest BCUT2D eigenvalue weighted by Crippen LogP contribution is 2.14. The Morgan fingerprint density at radius 3 is 2.45 bits per heavy atom. The van der Waals surface area contributed by atoms with Crippen LogP contribution in [0, 0.1) is 11.8 Å². The first-order chi connectivity index (χ1) is 5.26. The van der Waals surface area contributed by atoms with Crippen molar-refractivity contribution in [1.82, 2.24) is 5.32 Å². The van der Waals surface area contributed by atoms with E-state index < -0.39 is 0 Å². The Hall–Kier alpha value is -0.300. The third-order valence-electron chi connectivity index (χ3n) is 2.31. The molecule has 0 aliphatic rings. The number of hydrogen-bond donors (Lipinski definition) is 1. The molecule has 66 valence electrons. The number of hydrogen-bond acceptors (Lipinski definition) is 1. The van der Waals surface area contributed by atoms with Gasteiger partial charge >= 0.3 is 0 Å². The molecule has 0 rings (SSSR count). The van der Waals surface area contributed by atoms with Gasteiger partial charge in [0.15, 0.2) is 0 Å². The van der Waals surface area contributed by atoms with Crippen molar-refractivity contribution in [2.75, 3.05) is 13.1 Å². The Morgan fingerprint density at radius 1 is 1.45 bits per heavy atom. The van der Waals surface area contributed by atoms with Gasteiger partial charge in [0.25, 0.3) is 0 Å². The van der Waals surface area contributed by atoms with Gasteiger partial charge in [0.2, 0.25) is 0 Å². The smallest absolute Gasteiger partial charge is 0.00165 e. The summed E-state index contributed by atoms with van der Waals surface area (Å²) >= 11 is 0. The zero-order valence-corrected chi connectivity index (χ0v) is 8.06. The Bertz CT molecular complexity index is 99.0. The normalized spacial score (nSPS) is 15.9. The lowest BCUT2D eigenvalue weighted by molar-refractivity contribution is 0.398. The summed E-state index contributed by atoms with van der Waals surface area (Å²) in [4.78, 5) is 0. The molecular formula is C10H21N. The maximum absolute atomic E-state index is 3.84. The molecule has 0 spiro atoms. The van der Waals surface area contributed by atoms with Crippen LogP contribution in [0.4, 0.5) is 0 Å². The second-order valence-corrected chi connectivity index (χ2v) is 3.09. The Balaban J connectivity index is 3.65. The van der Waals surface area contributed by atoms with Crippen LogP contribution in [-0.2, 0) is 0 Å². The minimum absolute atomic E-state index is 0.639. The van der Waals surface area contributed by atoms with Crippen LogP contribution in [0.15, 0.2) is 12.7 Å². The summed E-state index contributed by atoms with van der Waals surface area (Å²) in [7, 11) is 0. The maximum atomic E-state index is 3.84. The molecule has 0 aliphatic carbocycles. The Morgan fingerprint density at radius 2 is 2.09 bits per heavy atom. The minimum atomic E-state index is 0.639. The fraction of sp³-hybridized carbons (Fsp3) is 0.800. The molecule has 1 N–H and O–H groups in total. The molecule has 0 saturated carbocycles. The van der Waals surface area contributed by atoms with Crippen LogP contribution in [0.5, 0.6) is 0 Å². The molecule has 2 unspecified atom stereocenters. The lowest BCUT2D eigenvalue weighted by atomic mass is 9.92. The summed E-state index contributed by atoms with van der Waals surface area (Å²) in [6, 6.07) is 0. The van der Waals surface area contributed by atoms with E-state index in [2.05, 4.69) is 38.7 Å². The third kappa shape index (κ3) is 4.20. The third-order valence-corrected chi connectivity index (χ3v) is 2.31. The molecule has 0 fully saturated rings. The summed E-state index contributed by atoms with van der Waals surface area (Å²) in [6.07, 6.45) is 3.30. The first-order valence-electron chi connectivity index (χ1n) is 4.59. The van der Waals surface area contributed by atoms with Gasteiger partial charge in [0.1, 0.15) is 0 Å². The van der Waals surface area contributed by atoms with Crippen molar-refractivity contribution in [1.29, 1.82) is 0 Å². The van der Waals surface area contributed by atoms with Gasteiger partial charge in [-0.25, -0.2) is 0 Å². The first-order valence-corrected chi connectivity index (χ1v) is 4.59. The van der Waals surface area contributed by atoms with E-state index in [1.165, 1.54) is 6.42 Å². The van der Waals surface area contributed by atoms with E-state index in [-0.39, 0.29) is 0 Å². The fourth-order valence-corrected chi connectivity index (χ4v) is 1.13. The lowest BCUT2D eigenvalue weighted by Gasteiger charge is -2.18. The van der Waals surface area contributed by atoms with Gasteiger partial charge in [-0.15, -0.1) is 6.58 Å². The number of rotatable bonds is 6. The summed E-state index contributed by atoms with van der Waals surface area (Å²) in [6.45, 7) is 12.6. The summed E-state index contributed by atoms with van der Waals surface area (Å²) in [5.74, 6) is 1.39. The van der Waals surface area contributed by atoms with Gasteiger partial charge in [-0.05, 0) is 18.4 Å². The van der Waals surface area contributed by atoms with E-state index in [1.807, 2.05) is 0 Å². The highest BCUT2D eigenvalue weighted by Gasteiger charge is 2.10. The van der Waals surface area contributed by atoms with Crippen molar-refractivity contribution in [3.63, 3.8) is 0 Å². The minimum Gasteiger partial charge on any atom is -0.316 e. The Labute approximate surface area is 70.9 Å². The first kappa shape index (κ1) is 10.7. The van der Waals surface area contributed by atoms with Crippen molar-refractivity contribution in [2.45, 2.75) is 27.2 Å². The molecule has 0 bridgehead atoms. The van der Waals surface area contributed by atoms with Crippen molar-refractivity contribution in [3.8, 4) is 0 Å². The van der Waals surface area contributed by atoms with E-state index in [9.17, 15) is 0 Å². The van der Waals surface area contributed by atoms with Gasteiger partial charge < -0.3 is 5.32 Å². The molecular weight excluding hydrogens is 134 g/mol. The fourth-order valence-electron chi connectivity index (χ4n) is 1.13. The van der Waals surface area contributed by atoms with Crippen molar-refractivity contribution < 1.29 is 0 Å². The predicted octanol–water partition coefficient (Wildman–Crippen LogP) is 2.44.